The number of ether oxygens (including phenoxy) is 1. The molecule has 0 amide bonds. The van der Waals surface area contributed by atoms with Crippen molar-refractivity contribution in [2.45, 2.75) is 32.3 Å². The Balaban J connectivity index is 2.73. The maximum Gasteiger partial charge on any atom is 0.306 e. The van der Waals surface area contributed by atoms with Crippen LogP contribution in [0.25, 0.3) is 0 Å². The molecule has 2 heteroatoms. The molecule has 0 aliphatic carbocycles. The molecule has 0 N–H and O–H groups in total. The van der Waals surface area contributed by atoms with Gasteiger partial charge in [-0.15, -0.1) is 0 Å². The molecule has 1 aliphatic rings. The lowest BCUT2D eigenvalue weighted by Crippen LogP contribution is -2.34. The molecule has 1 saturated heterocycles. The summed E-state index contributed by atoms with van der Waals surface area (Å²) in [5, 5.41) is 0. The van der Waals surface area contributed by atoms with E-state index in [1.54, 1.807) is 0 Å². The molecule has 0 saturated carbocycles. The van der Waals surface area contributed by atoms with Gasteiger partial charge in [-0.1, -0.05) is 6.58 Å². The fourth-order valence-electron chi connectivity index (χ4n) is 0.962. The zero-order valence-electron chi connectivity index (χ0n) is 6.44. The smallest absolute Gasteiger partial charge is 0.306 e. The van der Waals surface area contributed by atoms with Crippen LogP contribution in [0.1, 0.15) is 26.7 Å². The number of cyclic esters (lactones) is 1. The minimum atomic E-state index is -0.435. The second-order valence-electron chi connectivity index (χ2n) is 3.09. The van der Waals surface area contributed by atoms with Gasteiger partial charge in [0, 0.05) is 6.42 Å². The van der Waals surface area contributed by atoms with Gasteiger partial charge in [-0.2, -0.15) is 0 Å². The Morgan fingerprint density at radius 2 is 2.10 bits per heavy atom. The predicted molar refractivity (Wildman–Crippen MR) is 38.5 cm³/mol. The van der Waals surface area contributed by atoms with Crippen LogP contribution < -0.4 is 0 Å². The fraction of sp³-hybridized carbons (Fsp3) is 0.625. The van der Waals surface area contributed by atoms with Crippen LogP contribution in [0.2, 0.25) is 0 Å². The Bertz CT molecular complexity index is 180. The summed E-state index contributed by atoms with van der Waals surface area (Å²) < 4.78 is 5.05. The summed E-state index contributed by atoms with van der Waals surface area (Å²) in [6.45, 7) is 7.56. The minimum absolute atomic E-state index is 0.114. The molecule has 0 radical (unpaired) electrons. The first kappa shape index (κ1) is 7.32. The molecule has 0 bridgehead atoms. The van der Waals surface area contributed by atoms with Gasteiger partial charge in [0.2, 0.25) is 0 Å². The van der Waals surface area contributed by atoms with Crippen LogP contribution in [0.15, 0.2) is 12.2 Å². The van der Waals surface area contributed by atoms with Gasteiger partial charge >= 0.3 is 5.97 Å². The van der Waals surface area contributed by atoms with Crippen LogP contribution in [-0.4, -0.2) is 11.6 Å². The second-order valence-corrected chi connectivity index (χ2v) is 3.09. The standard InChI is InChI=1S/C8H12O2/c1-6-4-5-7(9)10-8(6,2)3/h1,4-5H2,2-3H3. The molecule has 1 fully saturated rings. The van der Waals surface area contributed by atoms with Crippen molar-refractivity contribution in [3.05, 3.63) is 12.2 Å². The van der Waals surface area contributed by atoms with E-state index >= 15 is 0 Å². The topological polar surface area (TPSA) is 26.3 Å². The van der Waals surface area contributed by atoms with Crippen molar-refractivity contribution < 1.29 is 9.53 Å². The third-order valence-corrected chi connectivity index (χ3v) is 1.85. The first-order chi connectivity index (χ1) is 4.52. The Morgan fingerprint density at radius 1 is 1.50 bits per heavy atom. The van der Waals surface area contributed by atoms with Crippen molar-refractivity contribution in [3.8, 4) is 0 Å². The molecule has 1 rings (SSSR count). The van der Waals surface area contributed by atoms with Gasteiger partial charge in [0.15, 0.2) is 0 Å². The number of esters is 1. The lowest BCUT2D eigenvalue weighted by Gasteiger charge is -2.31. The van der Waals surface area contributed by atoms with Crippen LogP contribution in [-0.2, 0) is 9.53 Å². The number of rotatable bonds is 0. The highest BCUT2D eigenvalue weighted by atomic mass is 16.6. The average molecular weight is 140 g/mol. The second kappa shape index (κ2) is 2.11. The Morgan fingerprint density at radius 3 is 2.50 bits per heavy atom. The van der Waals surface area contributed by atoms with E-state index in [2.05, 4.69) is 6.58 Å². The lowest BCUT2D eigenvalue weighted by atomic mass is 9.93. The maximum atomic E-state index is 10.8. The first-order valence-electron chi connectivity index (χ1n) is 3.42. The minimum Gasteiger partial charge on any atom is -0.455 e. The summed E-state index contributed by atoms with van der Waals surface area (Å²) in [6.07, 6.45) is 1.26. The van der Waals surface area contributed by atoms with Crippen molar-refractivity contribution in [3.63, 3.8) is 0 Å². The van der Waals surface area contributed by atoms with Crippen LogP contribution in [0, 0.1) is 0 Å². The molecular weight excluding hydrogens is 128 g/mol. The van der Waals surface area contributed by atoms with E-state index in [9.17, 15) is 4.79 Å². The summed E-state index contributed by atoms with van der Waals surface area (Å²) in [4.78, 5) is 10.8. The van der Waals surface area contributed by atoms with E-state index in [0.29, 0.717) is 6.42 Å². The summed E-state index contributed by atoms with van der Waals surface area (Å²) in [5.41, 5.74) is 0.571. The van der Waals surface area contributed by atoms with Gasteiger partial charge in [-0.3, -0.25) is 4.79 Å². The number of hydrogen-bond donors (Lipinski definition) is 0. The summed E-state index contributed by atoms with van der Waals surface area (Å²) in [7, 11) is 0. The molecule has 2 nitrogen and oxygen atoms in total. The maximum absolute atomic E-state index is 10.8. The molecule has 0 aromatic rings. The van der Waals surface area contributed by atoms with E-state index in [1.807, 2.05) is 13.8 Å². The van der Waals surface area contributed by atoms with E-state index in [-0.39, 0.29) is 5.97 Å². The molecule has 1 aliphatic heterocycles. The zero-order valence-corrected chi connectivity index (χ0v) is 6.44. The van der Waals surface area contributed by atoms with Crippen LogP contribution in [0.3, 0.4) is 0 Å². The third-order valence-electron chi connectivity index (χ3n) is 1.85. The zero-order chi connectivity index (χ0) is 7.78. The molecule has 0 aromatic carbocycles. The lowest BCUT2D eigenvalue weighted by molar-refractivity contribution is -0.156. The van der Waals surface area contributed by atoms with Crippen molar-refractivity contribution in [2.75, 3.05) is 0 Å². The normalized spacial score (nSPS) is 24.2. The highest BCUT2D eigenvalue weighted by molar-refractivity contribution is 5.72. The van der Waals surface area contributed by atoms with E-state index in [1.165, 1.54) is 0 Å². The molecular formula is C8H12O2. The molecule has 0 atom stereocenters. The molecule has 10 heavy (non-hydrogen) atoms. The first-order valence-corrected chi connectivity index (χ1v) is 3.42. The number of carbonyl (C=O) groups is 1. The molecule has 0 spiro atoms. The van der Waals surface area contributed by atoms with Crippen molar-refractivity contribution in [1.29, 1.82) is 0 Å². The van der Waals surface area contributed by atoms with Gasteiger partial charge in [0.1, 0.15) is 5.60 Å². The summed E-state index contributed by atoms with van der Waals surface area (Å²) in [6, 6.07) is 0. The Hall–Kier alpha value is -0.790. The van der Waals surface area contributed by atoms with Gasteiger partial charge in [-0.05, 0) is 25.8 Å². The van der Waals surface area contributed by atoms with Crippen LogP contribution in [0.5, 0.6) is 0 Å². The monoisotopic (exact) mass is 140 g/mol. The average Bonchev–Trinajstić information content (AvgIpc) is 1.78. The fourth-order valence-corrected chi connectivity index (χ4v) is 0.962. The van der Waals surface area contributed by atoms with Gasteiger partial charge in [-0.25, -0.2) is 0 Å². The molecule has 1 heterocycles. The van der Waals surface area contributed by atoms with E-state index in [4.69, 9.17) is 4.74 Å². The highest BCUT2D eigenvalue weighted by Gasteiger charge is 2.30. The highest BCUT2D eigenvalue weighted by Crippen LogP contribution is 2.28. The number of carbonyl (C=O) groups excluding carboxylic acids is 1. The van der Waals surface area contributed by atoms with Crippen molar-refractivity contribution >= 4 is 5.97 Å². The van der Waals surface area contributed by atoms with Gasteiger partial charge in [0.05, 0.1) is 0 Å². The Kier molecular flexibility index (Phi) is 1.55. The summed E-state index contributed by atoms with van der Waals surface area (Å²) >= 11 is 0. The number of hydrogen-bond acceptors (Lipinski definition) is 2. The predicted octanol–water partition coefficient (Wildman–Crippen LogP) is 1.66. The Labute approximate surface area is 60.9 Å². The van der Waals surface area contributed by atoms with Crippen LogP contribution >= 0.6 is 0 Å². The van der Waals surface area contributed by atoms with Crippen LogP contribution in [0.4, 0.5) is 0 Å². The SMILES string of the molecule is C=C1CCC(=O)OC1(C)C. The van der Waals surface area contributed by atoms with Gasteiger partial charge in [0.25, 0.3) is 0 Å². The van der Waals surface area contributed by atoms with Crippen molar-refractivity contribution in [2.24, 2.45) is 0 Å². The summed E-state index contributed by atoms with van der Waals surface area (Å²) in [5.74, 6) is -0.114. The quantitative estimate of drug-likeness (QED) is 0.378. The van der Waals surface area contributed by atoms with Crippen molar-refractivity contribution in [1.82, 2.24) is 0 Å². The van der Waals surface area contributed by atoms with E-state index in [0.717, 1.165) is 12.0 Å². The largest absolute Gasteiger partial charge is 0.455 e. The third kappa shape index (κ3) is 1.20. The molecule has 56 valence electrons. The molecule has 0 aromatic heterocycles. The van der Waals surface area contributed by atoms with Gasteiger partial charge < -0.3 is 4.74 Å². The van der Waals surface area contributed by atoms with E-state index < -0.39 is 5.60 Å². The molecule has 0 unspecified atom stereocenters.